The van der Waals surface area contributed by atoms with E-state index in [0.29, 0.717) is 3.95 Å². The molecular formula is C11H13N3S2. The molecule has 1 heterocycles. The van der Waals surface area contributed by atoms with E-state index >= 15 is 0 Å². The SMILES string of the molecule is Cc1ccc(N(C)c2n[nH]c(=S)s2)c(C)c1. The number of nitrogens with zero attached hydrogens (tertiary/aromatic N) is 2. The molecule has 0 amide bonds. The summed E-state index contributed by atoms with van der Waals surface area (Å²) in [5.74, 6) is 0. The molecule has 2 aromatic rings. The second-order valence-electron chi connectivity index (χ2n) is 3.74. The largest absolute Gasteiger partial charge is 0.319 e. The van der Waals surface area contributed by atoms with Crippen molar-refractivity contribution in [2.24, 2.45) is 0 Å². The summed E-state index contributed by atoms with van der Waals surface area (Å²) < 4.78 is 0.701. The van der Waals surface area contributed by atoms with Crippen LogP contribution < -0.4 is 4.90 Å². The smallest absolute Gasteiger partial charge is 0.211 e. The van der Waals surface area contributed by atoms with Crippen LogP contribution in [0.3, 0.4) is 0 Å². The maximum atomic E-state index is 5.03. The molecule has 0 aliphatic carbocycles. The van der Waals surface area contributed by atoms with Crippen molar-refractivity contribution in [1.82, 2.24) is 10.2 Å². The van der Waals surface area contributed by atoms with Crippen molar-refractivity contribution in [3.05, 3.63) is 33.3 Å². The van der Waals surface area contributed by atoms with E-state index in [-0.39, 0.29) is 0 Å². The lowest BCUT2D eigenvalue weighted by molar-refractivity contribution is 1.03. The Morgan fingerprint density at radius 1 is 1.38 bits per heavy atom. The summed E-state index contributed by atoms with van der Waals surface area (Å²) in [6.45, 7) is 4.19. The first-order chi connectivity index (χ1) is 7.58. The molecule has 1 aromatic carbocycles. The Kier molecular flexibility index (Phi) is 3.07. The van der Waals surface area contributed by atoms with Gasteiger partial charge in [-0.15, -0.1) is 5.10 Å². The highest BCUT2D eigenvalue weighted by molar-refractivity contribution is 7.73. The van der Waals surface area contributed by atoms with Gasteiger partial charge < -0.3 is 4.90 Å². The number of hydrogen-bond donors (Lipinski definition) is 1. The molecule has 5 heteroatoms. The Labute approximate surface area is 104 Å². The van der Waals surface area contributed by atoms with Crippen LogP contribution in [0.2, 0.25) is 0 Å². The molecule has 0 fully saturated rings. The van der Waals surface area contributed by atoms with E-state index in [9.17, 15) is 0 Å². The Hall–Kier alpha value is -1.20. The van der Waals surface area contributed by atoms with E-state index < -0.39 is 0 Å². The van der Waals surface area contributed by atoms with Crippen LogP contribution in [0.5, 0.6) is 0 Å². The van der Waals surface area contributed by atoms with Crippen molar-refractivity contribution >= 4 is 34.4 Å². The van der Waals surface area contributed by atoms with E-state index in [2.05, 4.69) is 42.2 Å². The van der Waals surface area contributed by atoms with Gasteiger partial charge >= 0.3 is 0 Å². The lowest BCUT2D eigenvalue weighted by Gasteiger charge is -2.18. The second-order valence-corrected chi connectivity index (χ2v) is 5.39. The monoisotopic (exact) mass is 251 g/mol. The fourth-order valence-corrected chi connectivity index (χ4v) is 2.50. The van der Waals surface area contributed by atoms with Crippen molar-refractivity contribution in [3.8, 4) is 0 Å². The predicted octanol–water partition coefficient (Wildman–Crippen LogP) is 3.59. The first-order valence-electron chi connectivity index (χ1n) is 4.94. The summed E-state index contributed by atoms with van der Waals surface area (Å²) >= 11 is 6.51. The van der Waals surface area contributed by atoms with Gasteiger partial charge in [-0.1, -0.05) is 29.0 Å². The van der Waals surface area contributed by atoms with Gasteiger partial charge in [-0.05, 0) is 37.7 Å². The summed E-state index contributed by atoms with van der Waals surface area (Å²) in [4.78, 5) is 2.05. The van der Waals surface area contributed by atoms with Crippen LogP contribution in [0, 0.1) is 17.8 Å². The molecule has 0 saturated heterocycles. The van der Waals surface area contributed by atoms with Crippen LogP contribution in [0.15, 0.2) is 18.2 Å². The van der Waals surface area contributed by atoms with Crippen LogP contribution in [0.4, 0.5) is 10.8 Å². The van der Waals surface area contributed by atoms with E-state index in [0.717, 1.165) is 10.8 Å². The molecule has 16 heavy (non-hydrogen) atoms. The zero-order valence-corrected chi connectivity index (χ0v) is 11.1. The average molecular weight is 251 g/mol. The summed E-state index contributed by atoms with van der Waals surface area (Å²) in [7, 11) is 2.00. The standard InChI is InChI=1S/C11H13N3S2/c1-7-4-5-9(8(2)6-7)14(3)10-12-13-11(15)16-10/h4-6H,1-3H3,(H,13,15). The Morgan fingerprint density at radius 2 is 2.12 bits per heavy atom. The van der Waals surface area contributed by atoms with Crippen molar-refractivity contribution in [1.29, 1.82) is 0 Å². The molecule has 0 unspecified atom stereocenters. The van der Waals surface area contributed by atoms with E-state index in [1.807, 2.05) is 11.9 Å². The van der Waals surface area contributed by atoms with Crippen LogP contribution in [-0.2, 0) is 0 Å². The summed E-state index contributed by atoms with van der Waals surface area (Å²) in [6.07, 6.45) is 0. The van der Waals surface area contributed by atoms with Gasteiger partial charge in [0.2, 0.25) is 5.13 Å². The topological polar surface area (TPSA) is 31.9 Å². The number of benzene rings is 1. The third-order valence-corrected chi connectivity index (χ3v) is 3.59. The van der Waals surface area contributed by atoms with Gasteiger partial charge in [-0.25, -0.2) is 0 Å². The number of rotatable bonds is 2. The third-order valence-electron chi connectivity index (χ3n) is 2.43. The Balaban J connectivity index is 2.41. The number of aryl methyl sites for hydroxylation is 2. The molecule has 0 aliphatic heterocycles. The molecule has 0 radical (unpaired) electrons. The fraction of sp³-hybridized carbons (Fsp3) is 0.273. The van der Waals surface area contributed by atoms with Crippen LogP contribution in [0.25, 0.3) is 0 Å². The number of hydrogen-bond acceptors (Lipinski definition) is 4. The highest BCUT2D eigenvalue weighted by Gasteiger charge is 2.09. The third kappa shape index (κ3) is 2.15. The zero-order valence-electron chi connectivity index (χ0n) is 9.44. The van der Waals surface area contributed by atoms with E-state index in [4.69, 9.17) is 12.2 Å². The lowest BCUT2D eigenvalue weighted by Crippen LogP contribution is -2.10. The minimum Gasteiger partial charge on any atom is -0.319 e. The number of H-pyrrole nitrogens is 1. The summed E-state index contributed by atoms with van der Waals surface area (Å²) in [5.41, 5.74) is 3.66. The number of aromatic nitrogens is 2. The van der Waals surface area contributed by atoms with Gasteiger partial charge in [0.1, 0.15) is 0 Å². The summed E-state index contributed by atoms with van der Waals surface area (Å²) in [6, 6.07) is 6.37. The molecule has 0 atom stereocenters. The van der Waals surface area contributed by atoms with E-state index in [1.54, 1.807) is 0 Å². The van der Waals surface area contributed by atoms with Gasteiger partial charge in [-0.3, -0.25) is 5.10 Å². The fourth-order valence-electron chi connectivity index (χ4n) is 1.65. The Bertz CT molecular complexity index is 556. The molecule has 3 nitrogen and oxygen atoms in total. The van der Waals surface area contributed by atoms with Gasteiger partial charge in [0.05, 0.1) is 0 Å². The van der Waals surface area contributed by atoms with Gasteiger partial charge in [0.25, 0.3) is 0 Å². The molecule has 1 aromatic heterocycles. The molecule has 84 valence electrons. The number of aromatic amines is 1. The molecule has 2 rings (SSSR count). The highest BCUT2D eigenvalue weighted by Crippen LogP contribution is 2.28. The van der Waals surface area contributed by atoms with Crippen molar-refractivity contribution in [3.63, 3.8) is 0 Å². The van der Waals surface area contributed by atoms with Crippen LogP contribution in [-0.4, -0.2) is 17.2 Å². The first kappa shape index (κ1) is 11.3. The minimum absolute atomic E-state index is 0.701. The van der Waals surface area contributed by atoms with Gasteiger partial charge in [0, 0.05) is 12.7 Å². The second kappa shape index (κ2) is 4.35. The van der Waals surface area contributed by atoms with Crippen LogP contribution in [0.1, 0.15) is 11.1 Å². The average Bonchev–Trinajstić information content (AvgIpc) is 2.64. The van der Waals surface area contributed by atoms with Gasteiger partial charge in [0.15, 0.2) is 3.95 Å². The van der Waals surface area contributed by atoms with Crippen LogP contribution >= 0.6 is 23.6 Å². The predicted molar refractivity (Wildman–Crippen MR) is 71.3 cm³/mol. The normalized spacial score (nSPS) is 10.4. The molecule has 1 N–H and O–H groups in total. The van der Waals surface area contributed by atoms with Crippen molar-refractivity contribution < 1.29 is 0 Å². The maximum Gasteiger partial charge on any atom is 0.211 e. The zero-order chi connectivity index (χ0) is 11.7. The Morgan fingerprint density at radius 3 is 2.69 bits per heavy atom. The highest BCUT2D eigenvalue weighted by atomic mass is 32.1. The van der Waals surface area contributed by atoms with Gasteiger partial charge in [-0.2, -0.15) is 0 Å². The van der Waals surface area contributed by atoms with Crippen molar-refractivity contribution in [2.45, 2.75) is 13.8 Å². The number of anilines is 2. The quantitative estimate of drug-likeness (QED) is 0.828. The number of nitrogens with one attached hydrogen (secondary N) is 1. The molecule has 0 aliphatic rings. The molecule has 0 spiro atoms. The first-order valence-corrected chi connectivity index (χ1v) is 6.17. The molecule has 0 saturated carbocycles. The lowest BCUT2D eigenvalue weighted by atomic mass is 10.1. The minimum atomic E-state index is 0.701. The summed E-state index contributed by atoms with van der Waals surface area (Å²) in [5, 5.41) is 7.85. The molecule has 0 bridgehead atoms. The van der Waals surface area contributed by atoms with E-state index in [1.165, 1.54) is 22.5 Å². The maximum absolute atomic E-state index is 5.03. The molecular weight excluding hydrogens is 238 g/mol. The van der Waals surface area contributed by atoms with Crippen molar-refractivity contribution in [2.75, 3.05) is 11.9 Å².